The summed E-state index contributed by atoms with van der Waals surface area (Å²) in [5, 5.41) is 9.71. The Balaban J connectivity index is 1.64. The number of amides is 3. The molecule has 132 valence electrons. The molecule has 0 saturated heterocycles. The normalized spacial score (nSPS) is 20.2. The van der Waals surface area contributed by atoms with Gasteiger partial charge in [0.15, 0.2) is 0 Å². The van der Waals surface area contributed by atoms with Gasteiger partial charge in [0, 0.05) is 11.4 Å². The van der Waals surface area contributed by atoms with E-state index in [1.807, 2.05) is 0 Å². The third kappa shape index (κ3) is 4.04. The predicted molar refractivity (Wildman–Crippen MR) is 94.1 cm³/mol. The molecule has 2 aromatic rings. The van der Waals surface area contributed by atoms with E-state index in [1.165, 1.54) is 17.3 Å². The van der Waals surface area contributed by atoms with Crippen LogP contribution < -0.4 is 16.1 Å². The van der Waals surface area contributed by atoms with Crippen molar-refractivity contribution in [3.8, 4) is 0 Å². The van der Waals surface area contributed by atoms with Crippen LogP contribution >= 0.6 is 0 Å². The first-order chi connectivity index (χ1) is 12.0. The molecule has 7 heteroatoms. The Kier molecular flexibility index (Phi) is 5.11. The fourth-order valence-corrected chi connectivity index (χ4v) is 3.32. The van der Waals surface area contributed by atoms with E-state index in [0.29, 0.717) is 16.8 Å². The van der Waals surface area contributed by atoms with Gasteiger partial charge in [0.2, 0.25) is 11.3 Å². The molecule has 0 unspecified atom stereocenters. The molecule has 3 rings (SSSR count). The molecule has 7 nitrogen and oxygen atoms in total. The van der Waals surface area contributed by atoms with Gasteiger partial charge in [-0.1, -0.05) is 31.9 Å². The van der Waals surface area contributed by atoms with E-state index in [4.69, 9.17) is 0 Å². The molecule has 1 aromatic carbocycles. The fraction of sp³-hybridized carbons (Fsp3) is 0.444. The van der Waals surface area contributed by atoms with Crippen molar-refractivity contribution >= 4 is 22.8 Å². The van der Waals surface area contributed by atoms with E-state index in [0.717, 1.165) is 19.3 Å². The summed E-state index contributed by atoms with van der Waals surface area (Å²) in [7, 11) is 0. The lowest BCUT2D eigenvalue weighted by Crippen LogP contribution is -2.48. The molecule has 0 spiro atoms. The second kappa shape index (κ2) is 7.46. The van der Waals surface area contributed by atoms with Crippen LogP contribution in [0.2, 0.25) is 0 Å². The maximum atomic E-state index is 12.2. The second-order valence-corrected chi connectivity index (χ2v) is 6.57. The van der Waals surface area contributed by atoms with Crippen LogP contribution in [0, 0.1) is 5.92 Å². The van der Waals surface area contributed by atoms with Crippen LogP contribution in [-0.2, 0) is 11.3 Å². The lowest BCUT2D eigenvalue weighted by atomic mass is 9.86. The van der Waals surface area contributed by atoms with Crippen molar-refractivity contribution in [3.05, 3.63) is 40.7 Å². The third-order valence-electron chi connectivity index (χ3n) is 4.74. The van der Waals surface area contributed by atoms with Gasteiger partial charge in [0.25, 0.3) is 0 Å². The summed E-state index contributed by atoms with van der Waals surface area (Å²) < 4.78 is 1.42. The highest BCUT2D eigenvalue weighted by Gasteiger charge is 2.23. The van der Waals surface area contributed by atoms with E-state index < -0.39 is 11.9 Å². The topological polar surface area (TPSA) is 93.1 Å². The SMILES string of the molecule is C[C@H]1CCCC[C@@H]1NC(=O)NC(=O)Cn1ncc(=O)c2ccccc21. The molecule has 2 N–H and O–H groups in total. The summed E-state index contributed by atoms with van der Waals surface area (Å²) in [4.78, 5) is 36.0. The van der Waals surface area contributed by atoms with Crippen LogP contribution in [0.4, 0.5) is 4.79 Å². The number of aromatic nitrogens is 2. The van der Waals surface area contributed by atoms with Crippen molar-refractivity contribution in [2.45, 2.75) is 45.2 Å². The largest absolute Gasteiger partial charge is 0.335 e. The van der Waals surface area contributed by atoms with Crippen LogP contribution in [-0.4, -0.2) is 27.8 Å². The van der Waals surface area contributed by atoms with Gasteiger partial charge < -0.3 is 5.32 Å². The molecule has 25 heavy (non-hydrogen) atoms. The first-order valence-electron chi connectivity index (χ1n) is 8.60. The number of carbonyl (C=O) groups excluding carboxylic acids is 2. The van der Waals surface area contributed by atoms with E-state index >= 15 is 0 Å². The van der Waals surface area contributed by atoms with Crippen molar-refractivity contribution in [2.24, 2.45) is 5.92 Å². The molecule has 0 radical (unpaired) electrons. The summed E-state index contributed by atoms with van der Waals surface area (Å²) in [6.07, 6.45) is 5.49. The second-order valence-electron chi connectivity index (χ2n) is 6.57. The molecule has 1 aliphatic carbocycles. The molecule has 0 bridgehead atoms. The van der Waals surface area contributed by atoms with Crippen molar-refractivity contribution in [1.29, 1.82) is 0 Å². The Hall–Kier alpha value is -2.70. The Morgan fingerprint density at radius 1 is 1.24 bits per heavy atom. The molecule has 1 heterocycles. The average molecular weight is 342 g/mol. The van der Waals surface area contributed by atoms with Gasteiger partial charge in [-0.2, -0.15) is 5.10 Å². The van der Waals surface area contributed by atoms with Gasteiger partial charge in [-0.3, -0.25) is 19.6 Å². The Bertz CT molecular complexity index is 846. The number of rotatable bonds is 3. The van der Waals surface area contributed by atoms with Crippen molar-refractivity contribution in [1.82, 2.24) is 20.4 Å². The van der Waals surface area contributed by atoms with Crippen molar-refractivity contribution < 1.29 is 9.59 Å². The van der Waals surface area contributed by atoms with Gasteiger partial charge in [0.1, 0.15) is 6.54 Å². The summed E-state index contributed by atoms with van der Waals surface area (Å²) in [6.45, 7) is 1.98. The number of hydrogen-bond donors (Lipinski definition) is 2. The molecule has 1 fully saturated rings. The summed E-state index contributed by atoms with van der Waals surface area (Å²) in [6, 6.07) is 6.57. The maximum absolute atomic E-state index is 12.2. The third-order valence-corrected chi connectivity index (χ3v) is 4.74. The number of benzene rings is 1. The van der Waals surface area contributed by atoms with Crippen LogP contribution in [0.5, 0.6) is 0 Å². The molecule has 1 aliphatic rings. The first-order valence-corrected chi connectivity index (χ1v) is 8.60. The number of carbonyl (C=O) groups is 2. The molecule has 1 aromatic heterocycles. The zero-order valence-corrected chi connectivity index (χ0v) is 14.2. The Labute approximate surface area is 145 Å². The number of nitrogens with one attached hydrogen (secondary N) is 2. The van der Waals surface area contributed by atoms with E-state index in [9.17, 15) is 14.4 Å². The first kappa shape index (κ1) is 17.1. The highest BCUT2D eigenvalue weighted by Crippen LogP contribution is 2.23. The van der Waals surface area contributed by atoms with Crippen molar-refractivity contribution in [3.63, 3.8) is 0 Å². The van der Waals surface area contributed by atoms with Crippen LogP contribution in [0.3, 0.4) is 0 Å². The molecular weight excluding hydrogens is 320 g/mol. The van der Waals surface area contributed by atoms with Crippen LogP contribution in [0.1, 0.15) is 32.6 Å². The molecule has 3 amide bonds. The van der Waals surface area contributed by atoms with Gasteiger partial charge in [-0.25, -0.2) is 4.79 Å². The van der Waals surface area contributed by atoms with Crippen LogP contribution in [0.25, 0.3) is 10.9 Å². The lowest BCUT2D eigenvalue weighted by molar-refractivity contribution is -0.120. The fourth-order valence-electron chi connectivity index (χ4n) is 3.32. The number of nitrogens with zero attached hydrogens (tertiary/aromatic N) is 2. The monoisotopic (exact) mass is 342 g/mol. The van der Waals surface area contributed by atoms with Gasteiger partial charge in [-0.05, 0) is 30.9 Å². The maximum Gasteiger partial charge on any atom is 0.321 e. The Morgan fingerprint density at radius 3 is 2.80 bits per heavy atom. The Morgan fingerprint density at radius 2 is 2.00 bits per heavy atom. The number of imide groups is 1. The van der Waals surface area contributed by atoms with Gasteiger partial charge in [-0.15, -0.1) is 0 Å². The minimum Gasteiger partial charge on any atom is -0.335 e. The smallest absolute Gasteiger partial charge is 0.321 e. The van der Waals surface area contributed by atoms with E-state index in [2.05, 4.69) is 22.7 Å². The van der Waals surface area contributed by atoms with Gasteiger partial charge in [0.05, 0.1) is 11.7 Å². The lowest BCUT2D eigenvalue weighted by Gasteiger charge is -2.29. The molecule has 1 saturated carbocycles. The van der Waals surface area contributed by atoms with E-state index in [1.54, 1.807) is 24.3 Å². The summed E-state index contributed by atoms with van der Waals surface area (Å²) >= 11 is 0. The van der Waals surface area contributed by atoms with E-state index in [-0.39, 0.29) is 18.0 Å². The minimum absolute atomic E-state index is 0.105. The average Bonchev–Trinajstić information content (AvgIpc) is 2.59. The number of fused-ring (bicyclic) bond motifs is 1. The van der Waals surface area contributed by atoms with Gasteiger partial charge >= 0.3 is 6.03 Å². The van der Waals surface area contributed by atoms with Crippen molar-refractivity contribution in [2.75, 3.05) is 0 Å². The standard InChI is InChI=1S/C18H22N4O3/c1-12-6-2-4-8-14(12)20-18(25)21-17(24)11-22-15-9-5-3-7-13(15)16(23)10-19-22/h3,5,7,9-10,12,14H,2,4,6,8,11H2,1H3,(H2,20,21,24,25)/t12-,14-/m0/s1. The minimum atomic E-state index is -0.478. The van der Waals surface area contributed by atoms with Crippen LogP contribution in [0.15, 0.2) is 35.3 Å². The molecule has 2 atom stereocenters. The number of para-hydroxylation sites is 1. The molecular formula is C18H22N4O3. The summed E-state index contributed by atoms with van der Waals surface area (Å²) in [5.41, 5.74) is 0.364. The summed E-state index contributed by atoms with van der Waals surface area (Å²) in [5.74, 6) is -0.0542. The zero-order valence-electron chi connectivity index (χ0n) is 14.2. The molecule has 0 aliphatic heterocycles. The number of urea groups is 1. The quantitative estimate of drug-likeness (QED) is 0.889. The number of hydrogen-bond acceptors (Lipinski definition) is 4. The predicted octanol–water partition coefficient (Wildman–Crippen LogP) is 1.80. The highest BCUT2D eigenvalue weighted by molar-refractivity contribution is 5.94. The zero-order chi connectivity index (χ0) is 17.8. The highest BCUT2D eigenvalue weighted by atomic mass is 16.2.